The van der Waals surface area contributed by atoms with Gasteiger partial charge in [0, 0.05) is 24.7 Å². The van der Waals surface area contributed by atoms with E-state index in [9.17, 15) is 26.7 Å². The molecular formula is C17H13ClF5N3O. The van der Waals surface area contributed by atoms with Gasteiger partial charge < -0.3 is 10.2 Å². The third-order valence-corrected chi connectivity index (χ3v) is 4.63. The molecule has 0 saturated carbocycles. The van der Waals surface area contributed by atoms with E-state index >= 15 is 0 Å². The van der Waals surface area contributed by atoms with E-state index in [1.54, 1.807) is 0 Å². The highest BCUT2D eigenvalue weighted by Gasteiger charge is 2.31. The van der Waals surface area contributed by atoms with Gasteiger partial charge in [-0.3, -0.25) is 4.79 Å². The second-order valence-corrected chi connectivity index (χ2v) is 6.46. The quantitative estimate of drug-likeness (QED) is 0.612. The number of hydrogen-bond donors (Lipinski definition) is 1. The van der Waals surface area contributed by atoms with Gasteiger partial charge in [0.15, 0.2) is 0 Å². The predicted octanol–water partition coefficient (Wildman–Crippen LogP) is 4.29. The van der Waals surface area contributed by atoms with Gasteiger partial charge in [-0.15, -0.1) is 0 Å². The van der Waals surface area contributed by atoms with Crippen molar-refractivity contribution in [2.45, 2.75) is 12.8 Å². The first kappa shape index (κ1) is 19.3. The number of halogens is 6. The molecule has 1 saturated heterocycles. The van der Waals surface area contributed by atoms with Crippen LogP contribution in [0.2, 0.25) is 5.02 Å². The first-order valence-corrected chi connectivity index (χ1v) is 8.36. The zero-order chi connectivity index (χ0) is 19.7. The number of carbonyl (C=O) groups excluding carboxylic acids is 1. The lowest BCUT2D eigenvalue weighted by molar-refractivity contribution is -0.120. The molecule has 0 aliphatic carbocycles. The largest absolute Gasteiger partial charge is 0.366 e. The Balaban J connectivity index is 1.67. The Kier molecular flexibility index (Phi) is 5.50. The zero-order valence-electron chi connectivity index (χ0n) is 13.7. The van der Waals surface area contributed by atoms with Gasteiger partial charge >= 0.3 is 0 Å². The van der Waals surface area contributed by atoms with Gasteiger partial charge in [0.1, 0.15) is 11.5 Å². The predicted molar refractivity (Wildman–Crippen MR) is 89.0 cm³/mol. The number of amides is 1. The highest BCUT2D eigenvalue weighted by Crippen LogP contribution is 2.30. The van der Waals surface area contributed by atoms with Crippen LogP contribution in [0.5, 0.6) is 0 Å². The summed E-state index contributed by atoms with van der Waals surface area (Å²) < 4.78 is 67.3. The summed E-state index contributed by atoms with van der Waals surface area (Å²) in [6, 6.07) is 3.72. The molecule has 1 fully saturated rings. The first-order valence-electron chi connectivity index (χ1n) is 7.98. The molecule has 27 heavy (non-hydrogen) atoms. The summed E-state index contributed by atoms with van der Waals surface area (Å²) in [6.45, 7) is 0.0258. The van der Waals surface area contributed by atoms with Crippen LogP contribution in [0, 0.1) is 35.3 Å². The number of rotatable bonds is 3. The van der Waals surface area contributed by atoms with E-state index in [0.717, 1.165) is 11.0 Å². The van der Waals surface area contributed by atoms with Gasteiger partial charge in [0.25, 0.3) is 11.9 Å². The van der Waals surface area contributed by atoms with Crippen LogP contribution in [0.3, 0.4) is 0 Å². The lowest BCUT2D eigenvalue weighted by atomic mass is 9.95. The van der Waals surface area contributed by atoms with Gasteiger partial charge in [-0.2, -0.15) is 22.5 Å². The normalized spacial score (nSPS) is 15.1. The summed E-state index contributed by atoms with van der Waals surface area (Å²) >= 11 is 5.65. The average Bonchev–Trinajstić information content (AvgIpc) is 2.64. The van der Waals surface area contributed by atoms with Crippen molar-refractivity contribution < 1.29 is 26.7 Å². The van der Waals surface area contributed by atoms with Crippen molar-refractivity contribution in [3.05, 3.63) is 52.6 Å². The van der Waals surface area contributed by atoms with Crippen molar-refractivity contribution in [3.63, 3.8) is 0 Å². The van der Waals surface area contributed by atoms with E-state index in [2.05, 4.69) is 10.3 Å². The van der Waals surface area contributed by atoms with Crippen molar-refractivity contribution >= 4 is 28.9 Å². The van der Waals surface area contributed by atoms with E-state index in [-0.39, 0.29) is 36.9 Å². The molecule has 4 nitrogen and oxygen atoms in total. The van der Waals surface area contributed by atoms with Gasteiger partial charge in [-0.1, -0.05) is 11.6 Å². The van der Waals surface area contributed by atoms with Crippen LogP contribution in [0.1, 0.15) is 12.8 Å². The van der Waals surface area contributed by atoms with E-state index in [4.69, 9.17) is 11.6 Å². The van der Waals surface area contributed by atoms with Crippen LogP contribution in [0.15, 0.2) is 18.2 Å². The van der Waals surface area contributed by atoms with Gasteiger partial charge in [-0.25, -0.2) is 4.39 Å². The molecule has 0 atom stereocenters. The Morgan fingerprint density at radius 2 is 1.67 bits per heavy atom. The fraction of sp³-hybridized carbons (Fsp3) is 0.294. The van der Waals surface area contributed by atoms with Gasteiger partial charge in [0.2, 0.25) is 17.5 Å². The molecule has 144 valence electrons. The second kappa shape index (κ2) is 7.67. The molecule has 0 spiro atoms. The maximum atomic E-state index is 13.8. The van der Waals surface area contributed by atoms with Crippen LogP contribution in [0.4, 0.5) is 33.3 Å². The number of pyridine rings is 1. The molecule has 1 aromatic heterocycles. The van der Waals surface area contributed by atoms with Crippen LogP contribution < -0.4 is 10.2 Å². The zero-order valence-corrected chi connectivity index (χ0v) is 14.5. The summed E-state index contributed by atoms with van der Waals surface area (Å²) in [6.07, 6.45) is 0.399. The van der Waals surface area contributed by atoms with Crippen molar-refractivity contribution in [2.75, 3.05) is 23.3 Å². The van der Waals surface area contributed by atoms with Crippen LogP contribution in [-0.4, -0.2) is 24.0 Å². The SMILES string of the molecule is O=C(Nc1ccc(F)c(Cl)c1)C1CCN(c2c(F)c(F)nc(F)c2F)CC1. The minimum atomic E-state index is -1.73. The molecule has 2 heterocycles. The smallest absolute Gasteiger partial charge is 0.253 e. The second-order valence-electron chi connectivity index (χ2n) is 6.05. The maximum Gasteiger partial charge on any atom is 0.253 e. The Labute approximate surface area is 155 Å². The molecule has 3 rings (SSSR count). The molecule has 1 aromatic carbocycles. The number of hydrogen-bond acceptors (Lipinski definition) is 3. The fourth-order valence-corrected chi connectivity index (χ4v) is 3.12. The molecule has 10 heteroatoms. The number of nitrogens with one attached hydrogen (secondary N) is 1. The standard InChI is InChI=1S/C17H13ClF5N3O/c18-10-7-9(1-2-11(10)19)24-17(27)8-3-5-26(6-4-8)14-12(20)15(22)25-16(23)13(14)21/h1-2,7-8H,3-6H2,(H,24,27). The Hall–Kier alpha value is -2.42. The Bertz CT molecular complexity index is 861. The molecule has 0 unspecified atom stereocenters. The summed E-state index contributed by atoms with van der Waals surface area (Å²) in [5.74, 6) is -8.08. The number of anilines is 2. The van der Waals surface area contributed by atoms with E-state index in [0.29, 0.717) is 5.69 Å². The molecule has 1 N–H and O–H groups in total. The monoisotopic (exact) mass is 405 g/mol. The molecule has 1 aliphatic heterocycles. The maximum absolute atomic E-state index is 13.8. The fourth-order valence-electron chi connectivity index (χ4n) is 2.94. The number of nitrogens with zero attached hydrogens (tertiary/aromatic N) is 2. The number of aromatic nitrogens is 1. The van der Waals surface area contributed by atoms with Crippen molar-refractivity contribution in [2.24, 2.45) is 5.92 Å². The molecule has 0 radical (unpaired) electrons. The topological polar surface area (TPSA) is 45.2 Å². The molecule has 1 aliphatic rings. The van der Waals surface area contributed by atoms with Gasteiger partial charge in [0.05, 0.1) is 5.02 Å². The lowest BCUT2D eigenvalue weighted by Gasteiger charge is -2.33. The van der Waals surface area contributed by atoms with Crippen molar-refractivity contribution in [3.8, 4) is 0 Å². The van der Waals surface area contributed by atoms with Gasteiger partial charge in [-0.05, 0) is 31.0 Å². The molecule has 2 aromatic rings. The van der Waals surface area contributed by atoms with Crippen LogP contribution >= 0.6 is 11.6 Å². The van der Waals surface area contributed by atoms with E-state index in [1.165, 1.54) is 12.1 Å². The van der Waals surface area contributed by atoms with Crippen molar-refractivity contribution in [1.29, 1.82) is 0 Å². The number of carbonyl (C=O) groups is 1. The minimum absolute atomic E-state index is 0.0129. The third kappa shape index (κ3) is 3.97. The lowest BCUT2D eigenvalue weighted by Crippen LogP contribution is -2.39. The molecular weight excluding hydrogens is 393 g/mol. The highest BCUT2D eigenvalue weighted by atomic mass is 35.5. The average molecular weight is 406 g/mol. The summed E-state index contributed by atoms with van der Waals surface area (Å²) in [5.41, 5.74) is -0.520. The minimum Gasteiger partial charge on any atom is -0.366 e. The summed E-state index contributed by atoms with van der Waals surface area (Å²) in [5, 5.41) is 2.45. The molecule has 0 bridgehead atoms. The highest BCUT2D eigenvalue weighted by molar-refractivity contribution is 6.31. The Morgan fingerprint density at radius 3 is 2.22 bits per heavy atom. The summed E-state index contributed by atoms with van der Waals surface area (Å²) in [4.78, 5) is 16.0. The number of piperidine rings is 1. The first-order chi connectivity index (χ1) is 12.8. The van der Waals surface area contributed by atoms with Crippen LogP contribution in [0.25, 0.3) is 0 Å². The third-order valence-electron chi connectivity index (χ3n) is 4.34. The van der Waals surface area contributed by atoms with Crippen LogP contribution in [-0.2, 0) is 4.79 Å². The van der Waals surface area contributed by atoms with Crippen molar-refractivity contribution in [1.82, 2.24) is 4.98 Å². The van der Waals surface area contributed by atoms with E-state index < -0.39 is 41.0 Å². The molecule has 1 amide bonds. The number of benzene rings is 1. The Morgan fingerprint density at radius 1 is 1.07 bits per heavy atom. The summed E-state index contributed by atoms with van der Waals surface area (Å²) in [7, 11) is 0. The van der Waals surface area contributed by atoms with E-state index in [1.807, 2.05) is 0 Å².